The first-order valence-corrected chi connectivity index (χ1v) is 6.54. The van der Waals surface area contributed by atoms with Gasteiger partial charge in [0.15, 0.2) is 0 Å². The number of nitrogens with zero attached hydrogens (tertiary/aromatic N) is 1. The van der Waals surface area contributed by atoms with Crippen LogP contribution in [0.4, 0.5) is 5.82 Å². The number of hydrogen-bond acceptors (Lipinski definition) is 3. The van der Waals surface area contributed by atoms with Crippen LogP contribution < -0.4 is 10.6 Å². The number of hydrogen-bond donors (Lipinski definition) is 2. The first-order chi connectivity index (χ1) is 8.15. The smallest absolute Gasteiger partial charge is 0.126 e. The van der Waals surface area contributed by atoms with Crippen LogP contribution in [0.15, 0.2) is 12.1 Å². The fourth-order valence-corrected chi connectivity index (χ4v) is 1.74. The lowest BCUT2D eigenvalue weighted by Crippen LogP contribution is -2.12. The summed E-state index contributed by atoms with van der Waals surface area (Å²) in [5.41, 5.74) is 2.49. The number of aromatic nitrogens is 1. The van der Waals surface area contributed by atoms with Gasteiger partial charge in [-0.05, 0) is 37.1 Å². The lowest BCUT2D eigenvalue weighted by molar-refractivity contribution is 0.686. The van der Waals surface area contributed by atoms with Crippen LogP contribution in [0.1, 0.15) is 38.4 Å². The molecule has 0 bridgehead atoms. The molecule has 0 atom stereocenters. The maximum Gasteiger partial charge on any atom is 0.126 e. The standard InChI is InChI=1S/C14H25N3/c1-5-6-13-7-12(10-15-4)8-14(17-13)16-9-11(2)3/h7-8,11,15H,5-6,9-10H2,1-4H3,(H,16,17). The Balaban J connectivity index is 2.79. The van der Waals surface area contributed by atoms with Crippen LogP contribution in [-0.4, -0.2) is 18.6 Å². The van der Waals surface area contributed by atoms with E-state index in [1.54, 1.807) is 0 Å². The predicted molar refractivity (Wildman–Crippen MR) is 74.3 cm³/mol. The predicted octanol–water partition coefficient (Wildman–Crippen LogP) is 2.82. The van der Waals surface area contributed by atoms with E-state index in [2.05, 4.69) is 48.5 Å². The third-order valence-corrected chi connectivity index (χ3v) is 2.52. The van der Waals surface area contributed by atoms with Gasteiger partial charge in [0.05, 0.1) is 0 Å². The van der Waals surface area contributed by atoms with Crippen LogP contribution in [0.3, 0.4) is 0 Å². The number of aryl methyl sites for hydroxylation is 1. The minimum Gasteiger partial charge on any atom is -0.370 e. The molecule has 1 heterocycles. The highest BCUT2D eigenvalue weighted by Gasteiger charge is 2.03. The van der Waals surface area contributed by atoms with Crippen LogP contribution in [0, 0.1) is 5.92 Å². The maximum atomic E-state index is 4.64. The van der Waals surface area contributed by atoms with Gasteiger partial charge in [-0.3, -0.25) is 0 Å². The highest BCUT2D eigenvalue weighted by Crippen LogP contribution is 2.12. The molecule has 0 aliphatic rings. The summed E-state index contributed by atoms with van der Waals surface area (Å²) in [6, 6.07) is 4.33. The molecule has 17 heavy (non-hydrogen) atoms. The molecule has 3 heteroatoms. The van der Waals surface area contributed by atoms with E-state index in [1.165, 1.54) is 11.3 Å². The molecular weight excluding hydrogens is 210 g/mol. The van der Waals surface area contributed by atoms with Crippen molar-refractivity contribution in [1.82, 2.24) is 10.3 Å². The molecule has 3 nitrogen and oxygen atoms in total. The summed E-state index contributed by atoms with van der Waals surface area (Å²) >= 11 is 0. The van der Waals surface area contributed by atoms with Gasteiger partial charge in [-0.15, -0.1) is 0 Å². The summed E-state index contributed by atoms with van der Waals surface area (Å²) in [5, 5.41) is 6.59. The van der Waals surface area contributed by atoms with Gasteiger partial charge in [-0.25, -0.2) is 4.98 Å². The molecule has 0 spiro atoms. The fraction of sp³-hybridized carbons (Fsp3) is 0.643. The molecule has 1 aromatic rings. The molecule has 96 valence electrons. The van der Waals surface area contributed by atoms with Crippen LogP contribution in [0.5, 0.6) is 0 Å². The summed E-state index contributed by atoms with van der Waals surface area (Å²) in [5.74, 6) is 1.65. The molecule has 0 aromatic carbocycles. The number of pyridine rings is 1. The van der Waals surface area contributed by atoms with Gasteiger partial charge in [0, 0.05) is 18.8 Å². The Morgan fingerprint density at radius 1 is 1.29 bits per heavy atom. The summed E-state index contributed by atoms with van der Waals surface area (Å²) in [4.78, 5) is 4.64. The Kier molecular flexibility index (Phi) is 5.98. The SMILES string of the molecule is CCCc1cc(CNC)cc(NCC(C)C)n1. The first-order valence-electron chi connectivity index (χ1n) is 6.54. The molecule has 0 fully saturated rings. The van der Waals surface area contributed by atoms with Crippen molar-refractivity contribution in [3.05, 3.63) is 23.4 Å². The van der Waals surface area contributed by atoms with E-state index in [0.717, 1.165) is 31.7 Å². The number of anilines is 1. The lowest BCUT2D eigenvalue weighted by atomic mass is 10.1. The third kappa shape index (κ3) is 5.18. The minimum atomic E-state index is 0.638. The Bertz CT molecular complexity index is 310. The quantitative estimate of drug-likeness (QED) is 0.763. The van der Waals surface area contributed by atoms with Gasteiger partial charge >= 0.3 is 0 Å². The summed E-state index contributed by atoms with van der Waals surface area (Å²) in [7, 11) is 1.97. The second-order valence-corrected chi connectivity index (χ2v) is 4.91. The van der Waals surface area contributed by atoms with Crippen LogP contribution in [0.2, 0.25) is 0 Å². The molecule has 2 N–H and O–H groups in total. The Morgan fingerprint density at radius 3 is 2.65 bits per heavy atom. The average molecular weight is 235 g/mol. The molecule has 1 rings (SSSR count). The van der Waals surface area contributed by atoms with Crippen molar-refractivity contribution in [2.45, 2.75) is 40.2 Å². The van der Waals surface area contributed by atoms with Gasteiger partial charge in [0.25, 0.3) is 0 Å². The fourth-order valence-electron chi connectivity index (χ4n) is 1.74. The van der Waals surface area contributed by atoms with E-state index in [0.29, 0.717) is 5.92 Å². The molecular formula is C14H25N3. The Morgan fingerprint density at radius 2 is 2.06 bits per heavy atom. The number of nitrogens with one attached hydrogen (secondary N) is 2. The average Bonchev–Trinajstić information content (AvgIpc) is 2.27. The first kappa shape index (κ1) is 14.0. The van der Waals surface area contributed by atoms with Gasteiger partial charge < -0.3 is 10.6 Å². The Labute approximate surface area is 105 Å². The van der Waals surface area contributed by atoms with E-state index >= 15 is 0 Å². The van der Waals surface area contributed by atoms with Gasteiger partial charge in [-0.2, -0.15) is 0 Å². The van der Waals surface area contributed by atoms with Crippen LogP contribution >= 0.6 is 0 Å². The normalized spacial score (nSPS) is 10.9. The van der Waals surface area contributed by atoms with Crippen LogP contribution in [-0.2, 0) is 13.0 Å². The van der Waals surface area contributed by atoms with Crippen molar-refractivity contribution in [2.75, 3.05) is 18.9 Å². The van der Waals surface area contributed by atoms with Crippen molar-refractivity contribution >= 4 is 5.82 Å². The van der Waals surface area contributed by atoms with Crippen molar-refractivity contribution in [1.29, 1.82) is 0 Å². The molecule has 0 aliphatic heterocycles. The van der Waals surface area contributed by atoms with Crippen LogP contribution in [0.25, 0.3) is 0 Å². The van der Waals surface area contributed by atoms with E-state index in [4.69, 9.17) is 0 Å². The molecule has 0 aliphatic carbocycles. The summed E-state index contributed by atoms with van der Waals surface area (Å²) in [6.45, 7) is 8.47. The van der Waals surface area contributed by atoms with E-state index < -0.39 is 0 Å². The van der Waals surface area contributed by atoms with Gasteiger partial charge in [-0.1, -0.05) is 27.2 Å². The largest absolute Gasteiger partial charge is 0.370 e. The molecule has 0 radical (unpaired) electrons. The highest BCUT2D eigenvalue weighted by molar-refractivity contribution is 5.39. The summed E-state index contributed by atoms with van der Waals surface area (Å²) < 4.78 is 0. The summed E-state index contributed by atoms with van der Waals surface area (Å²) in [6.07, 6.45) is 2.19. The Hall–Kier alpha value is -1.09. The van der Waals surface area contributed by atoms with E-state index in [9.17, 15) is 0 Å². The molecule has 1 aromatic heterocycles. The molecule has 0 unspecified atom stereocenters. The second kappa shape index (κ2) is 7.28. The van der Waals surface area contributed by atoms with Crippen molar-refractivity contribution in [3.63, 3.8) is 0 Å². The van der Waals surface area contributed by atoms with Crippen molar-refractivity contribution in [2.24, 2.45) is 5.92 Å². The maximum absolute atomic E-state index is 4.64. The topological polar surface area (TPSA) is 37.0 Å². The zero-order valence-corrected chi connectivity index (χ0v) is 11.5. The molecule has 0 saturated heterocycles. The van der Waals surface area contributed by atoms with Crippen molar-refractivity contribution < 1.29 is 0 Å². The van der Waals surface area contributed by atoms with Gasteiger partial charge in [0.2, 0.25) is 0 Å². The molecule has 0 saturated carbocycles. The van der Waals surface area contributed by atoms with E-state index in [1.807, 2.05) is 7.05 Å². The highest BCUT2D eigenvalue weighted by atomic mass is 15.0. The zero-order valence-electron chi connectivity index (χ0n) is 11.5. The van der Waals surface area contributed by atoms with Gasteiger partial charge in [0.1, 0.15) is 5.82 Å². The minimum absolute atomic E-state index is 0.638. The lowest BCUT2D eigenvalue weighted by Gasteiger charge is -2.12. The van der Waals surface area contributed by atoms with Crippen molar-refractivity contribution in [3.8, 4) is 0 Å². The second-order valence-electron chi connectivity index (χ2n) is 4.91. The zero-order chi connectivity index (χ0) is 12.7. The monoisotopic (exact) mass is 235 g/mol. The third-order valence-electron chi connectivity index (χ3n) is 2.52. The van der Waals surface area contributed by atoms with E-state index in [-0.39, 0.29) is 0 Å². The number of rotatable bonds is 7. The molecule has 0 amide bonds.